The van der Waals surface area contributed by atoms with Gasteiger partial charge in [-0.2, -0.15) is 0 Å². The monoisotopic (exact) mass is 779 g/mol. The Morgan fingerprint density at radius 1 is 0.397 bits per heavy atom. The minimum absolute atomic E-state index is 0.911. The van der Waals surface area contributed by atoms with Gasteiger partial charge in [-0.1, -0.05) is 191 Å². The third-order valence-electron chi connectivity index (χ3n) is 9.01. The van der Waals surface area contributed by atoms with Crippen LogP contribution in [0.4, 0.5) is 11.4 Å². The van der Waals surface area contributed by atoms with Crippen molar-refractivity contribution in [3.63, 3.8) is 0 Å². The molecule has 0 atom stereocenters. The van der Waals surface area contributed by atoms with E-state index in [2.05, 4.69) is 220 Å². The van der Waals surface area contributed by atoms with Crippen LogP contribution in [0, 0.1) is 0 Å². The Labute approximate surface area is 352 Å². The zero-order chi connectivity index (χ0) is 43.0. The number of fused-ring (bicyclic) bond motifs is 8. The quantitative estimate of drug-likeness (QED) is 0.174. The first-order valence-electron chi connectivity index (χ1n) is 21.8. The topological polar surface area (TPSA) is 16.3 Å². The molecule has 6 aromatic carbocycles. The largest absolute Gasteiger partial charge is 0.344 e. The van der Waals surface area contributed by atoms with E-state index >= 15 is 0 Å². The van der Waals surface area contributed by atoms with E-state index in [1.54, 1.807) is 0 Å². The number of aryl methyl sites for hydroxylation is 2. The van der Waals surface area contributed by atoms with Gasteiger partial charge < -0.3 is 14.0 Å². The molecule has 0 amide bonds. The highest BCUT2D eigenvalue weighted by atomic mass is 15.3. The van der Waals surface area contributed by atoms with Gasteiger partial charge in [-0.15, -0.1) is 0 Å². The molecule has 0 spiro atoms. The number of anilines is 2. The van der Waals surface area contributed by atoms with Gasteiger partial charge in [-0.25, -0.2) is 0 Å². The molecule has 0 saturated carbocycles. The SMILES string of the molecule is CC.CC.CC.CCC.CCC.CN(C)CN1c2ccccc2Cc2ccccc21.Cn1c2ccccc2c2ccccc21.Cn1c2ccccc2c2ccccc21. The van der Waals surface area contributed by atoms with Crippen molar-refractivity contribution < 1.29 is 0 Å². The summed E-state index contributed by atoms with van der Waals surface area (Å²) in [5, 5.41) is 5.35. The van der Waals surface area contributed by atoms with Gasteiger partial charge in [0.05, 0.1) is 6.67 Å². The molecule has 1 aliphatic rings. The van der Waals surface area contributed by atoms with Crippen LogP contribution in [0.25, 0.3) is 43.6 Å². The van der Waals surface area contributed by atoms with Gasteiger partial charge in [0.25, 0.3) is 0 Å². The molecule has 0 radical (unpaired) electrons. The average Bonchev–Trinajstić information content (AvgIpc) is 3.74. The number of hydrogen-bond donors (Lipinski definition) is 0. The molecule has 3 heterocycles. The van der Waals surface area contributed by atoms with E-state index in [1.165, 1.54) is 79.0 Å². The summed E-state index contributed by atoms with van der Waals surface area (Å²) in [7, 11) is 8.45. The lowest BCUT2D eigenvalue weighted by atomic mass is 9.96. The predicted octanol–water partition coefficient (Wildman–Crippen LogP) is 15.8. The molecule has 0 saturated heterocycles. The van der Waals surface area contributed by atoms with Crippen molar-refractivity contribution in [3.8, 4) is 0 Å². The van der Waals surface area contributed by atoms with Crippen molar-refractivity contribution in [2.24, 2.45) is 14.1 Å². The van der Waals surface area contributed by atoms with E-state index in [9.17, 15) is 0 Å². The first-order chi connectivity index (χ1) is 28.3. The second-order valence-electron chi connectivity index (χ2n) is 13.7. The molecule has 0 aliphatic carbocycles. The predicted molar refractivity (Wildman–Crippen MR) is 263 cm³/mol. The van der Waals surface area contributed by atoms with Gasteiger partial charge in [-0.3, -0.25) is 4.90 Å². The van der Waals surface area contributed by atoms with Crippen LogP contribution in [-0.2, 0) is 20.5 Å². The average molecular weight is 779 g/mol. The van der Waals surface area contributed by atoms with Crippen molar-refractivity contribution in [2.75, 3.05) is 25.7 Å². The van der Waals surface area contributed by atoms with Crippen molar-refractivity contribution in [3.05, 3.63) is 157 Å². The summed E-state index contributed by atoms with van der Waals surface area (Å²) in [5.74, 6) is 0. The third-order valence-corrected chi connectivity index (χ3v) is 9.01. The normalized spacial score (nSPS) is 10.5. The number of benzene rings is 6. The standard InChI is InChI=1S/C16H18N2.2C13H11N.2C3H8.3C2H6/c1-17(2)12-18-15-9-5-3-7-13(15)11-14-8-4-6-10-16(14)18;2*1-14-12-8-4-2-6-10(12)11-7-3-5-9-13(11)14;2*1-3-2;3*1-2/h3-10H,11-12H2,1-2H3;2*2-9H,1H3;2*3H2,1-2H3;3*1-2H3. The van der Waals surface area contributed by atoms with Crippen LogP contribution in [0.2, 0.25) is 0 Å². The van der Waals surface area contributed by atoms with E-state index in [0.29, 0.717) is 0 Å². The number of hydrogen-bond acceptors (Lipinski definition) is 2. The third kappa shape index (κ3) is 12.3. The fourth-order valence-electron chi connectivity index (χ4n) is 6.85. The maximum Gasteiger partial charge on any atom is 0.0751 e. The van der Waals surface area contributed by atoms with Gasteiger partial charge in [0.1, 0.15) is 0 Å². The molecular formula is C54H74N4. The first kappa shape index (κ1) is 48.8. The highest BCUT2D eigenvalue weighted by molar-refractivity contribution is 6.08. The molecule has 0 bridgehead atoms. The smallest absolute Gasteiger partial charge is 0.0751 e. The maximum absolute atomic E-state index is 2.40. The van der Waals surface area contributed by atoms with Crippen molar-refractivity contribution >= 4 is 55.0 Å². The van der Waals surface area contributed by atoms with E-state index in [1.807, 2.05) is 41.5 Å². The highest BCUT2D eigenvalue weighted by Gasteiger charge is 2.21. The molecule has 1 aliphatic heterocycles. The summed E-state index contributed by atoms with van der Waals surface area (Å²) in [6, 6.07) is 51.5. The molecule has 9 rings (SSSR count). The van der Waals surface area contributed by atoms with Crippen LogP contribution in [0.3, 0.4) is 0 Å². The van der Waals surface area contributed by atoms with Crippen LogP contribution in [0.5, 0.6) is 0 Å². The van der Waals surface area contributed by atoms with E-state index in [4.69, 9.17) is 0 Å². The van der Waals surface area contributed by atoms with Gasteiger partial charge in [0.15, 0.2) is 0 Å². The van der Waals surface area contributed by atoms with Gasteiger partial charge in [0.2, 0.25) is 0 Å². The van der Waals surface area contributed by atoms with Crippen molar-refractivity contribution in [1.82, 2.24) is 14.0 Å². The summed E-state index contributed by atoms with van der Waals surface area (Å²) in [4.78, 5) is 4.60. The second kappa shape index (κ2) is 26.6. The molecular weight excluding hydrogens is 705 g/mol. The lowest BCUT2D eigenvalue weighted by Crippen LogP contribution is -2.32. The molecule has 0 fully saturated rings. The Hall–Kier alpha value is -5.32. The Bertz CT molecular complexity index is 2060. The summed E-state index contributed by atoms with van der Waals surface area (Å²) < 4.78 is 4.48. The fraction of sp³-hybridized carbons (Fsp3) is 0.333. The Morgan fingerprint density at radius 3 is 0.914 bits per heavy atom. The zero-order valence-electron chi connectivity index (χ0n) is 38.5. The first-order valence-corrected chi connectivity index (χ1v) is 21.8. The summed E-state index contributed by atoms with van der Waals surface area (Å²) in [6.07, 6.45) is 3.54. The summed E-state index contributed by atoms with van der Waals surface area (Å²) in [5.41, 5.74) is 10.7. The number of rotatable bonds is 2. The molecule has 0 unspecified atom stereocenters. The molecule has 0 N–H and O–H groups in total. The number of nitrogens with zero attached hydrogens (tertiary/aromatic N) is 4. The van der Waals surface area contributed by atoms with Gasteiger partial charge in [0, 0.05) is 75.5 Å². The molecule has 310 valence electrons. The Morgan fingerprint density at radius 2 is 0.638 bits per heavy atom. The molecule has 58 heavy (non-hydrogen) atoms. The molecule has 2 aromatic heterocycles. The van der Waals surface area contributed by atoms with E-state index in [-0.39, 0.29) is 0 Å². The highest BCUT2D eigenvalue weighted by Crippen LogP contribution is 2.38. The fourth-order valence-corrected chi connectivity index (χ4v) is 6.85. The van der Waals surface area contributed by atoms with Crippen molar-refractivity contribution in [1.29, 1.82) is 0 Å². The van der Waals surface area contributed by atoms with Crippen LogP contribution in [0.1, 0.15) is 93.2 Å². The minimum atomic E-state index is 0.911. The van der Waals surface area contributed by atoms with Crippen LogP contribution in [-0.4, -0.2) is 34.8 Å². The van der Waals surface area contributed by atoms with Gasteiger partial charge in [-0.05, 0) is 61.6 Å². The Kier molecular flexibility index (Phi) is 22.4. The number of aromatic nitrogens is 2. The van der Waals surface area contributed by atoms with Crippen LogP contribution >= 0.6 is 0 Å². The second-order valence-corrected chi connectivity index (χ2v) is 13.7. The lowest BCUT2D eigenvalue weighted by molar-refractivity contribution is 0.417. The lowest BCUT2D eigenvalue weighted by Gasteiger charge is -2.35. The summed E-state index contributed by atoms with van der Waals surface area (Å²) in [6.45, 7) is 21.4. The maximum atomic E-state index is 2.40. The zero-order valence-corrected chi connectivity index (χ0v) is 38.5. The minimum Gasteiger partial charge on any atom is -0.344 e. The molecule has 4 heteroatoms. The Balaban J connectivity index is 0.000000266. The van der Waals surface area contributed by atoms with Crippen LogP contribution < -0.4 is 4.90 Å². The summed E-state index contributed by atoms with van der Waals surface area (Å²) >= 11 is 0. The van der Waals surface area contributed by atoms with Gasteiger partial charge >= 0.3 is 0 Å². The number of para-hydroxylation sites is 6. The molecule has 4 nitrogen and oxygen atoms in total. The van der Waals surface area contributed by atoms with Crippen molar-refractivity contribution in [2.45, 2.75) is 88.5 Å². The van der Waals surface area contributed by atoms with E-state index < -0.39 is 0 Å². The molecule has 8 aromatic rings. The van der Waals surface area contributed by atoms with E-state index in [0.717, 1.165) is 13.1 Å². The van der Waals surface area contributed by atoms with Crippen LogP contribution in [0.15, 0.2) is 146 Å².